The number of guanidine groups is 1. The van der Waals surface area contributed by atoms with Crippen LogP contribution in [-0.2, 0) is 0 Å². The molecule has 1 aliphatic rings. The van der Waals surface area contributed by atoms with Crippen molar-refractivity contribution in [2.45, 2.75) is 6.92 Å². The van der Waals surface area contributed by atoms with Crippen LogP contribution in [0.1, 0.15) is 15.4 Å². The highest BCUT2D eigenvalue weighted by Crippen LogP contribution is 2.22. The largest absolute Gasteiger partial charge is 0.360 e. The number of aryl methyl sites for hydroxylation is 1. The van der Waals surface area contributed by atoms with Crippen LogP contribution in [0.2, 0.25) is 0 Å². The molecule has 0 aromatic carbocycles. The standard InChI is InChI=1S/C17H24N6OS2/c1-13-15(26-12-21-13)16(24)19-5-6-20-17(18-2)23-9-7-22(8-10-23)14-4-3-11-25-14/h3-4,11-12H,5-10H2,1-2H3,(H,18,20)(H,19,24). The minimum atomic E-state index is -0.0636. The average Bonchev–Trinajstić information content (AvgIpc) is 3.33. The number of nitrogens with zero attached hydrogens (tertiary/aromatic N) is 4. The van der Waals surface area contributed by atoms with Crippen LogP contribution in [0.15, 0.2) is 28.0 Å². The number of thiophene rings is 1. The summed E-state index contributed by atoms with van der Waals surface area (Å²) >= 11 is 3.15. The smallest absolute Gasteiger partial charge is 0.263 e. The second kappa shape index (κ2) is 9.00. The molecule has 0 aliphatic carbocycles. The van der Waals surface area contributed by atoms with Crippen LogP contribution < -0.4 is 15.5 Å². The van der Waals surface area contributed by atoms with Gasteiger partial charge in [0, 0.05) is 46.3 Å². The van der Waals surface area contributed by atoms with Crippen LogP contribution in [0, 0.1) is 6.92 Å². The summed E-state index contributed by atoms with van der Waals surface area (Å²) in [6.45, 7) is 6.88. The van der Waals surface area contributed by atoms with E-state index in [1.54, 1.807) is 23.9 Å². The topological polar surface area (TPSA) is 72.9 Å². The first-order valence-corrected chi connectivity index (χ1v) is 10.4. The number of amides is 1. The fraction of sp³-hybridized carbons (Fsp3) is 0.471. The van der Waals surface area contributed by atoms with Crippen LogP contribution in [0.25, 0.3) is 0 Å². The fourth-order valence-corrected chi connectivity index (χ4v) is 4.38. The number of carbonyl (C=O) groups is 1. The van der Waals surface area contributed by atoms with Gasteiger partial charge in [0.2, 0.25) is 0 Å². The minimum absolute atomic E-state index is 0.0636. The van der Waals surface area contributed by atoms with Gasteiger partial charge < -0.3 is 20.4 Å². The number of thiazole rings is 1. The quantitative estimate of drug-likeness (QED) is 0.460. The molecule has 1 amide bonds. The van der Waals surface area contributed by atoms with Gasteiger partial charge in [-0.3, -0.25) is 9.79 Å². The van der Waals surface area contributed by atoms with Gasteiger partial charge in [0.25, 0.3) is 5.91 Å². The SMILES string of the molecule is CN=C(NCCNC(=O)c1scnc1C)N1CCN(c2cccs2)CC1. The Kier molecular flexibility index (Phi) is 6.45. The maximum absolute atomic E-state index is 12.1. The molecule has 1 saturated heterocycles. The number of anilines is 1. The lowest BCUT2D eigenvalue weighted by atomic mass is 10.3. The molecule has 140 valence electrons. The third kappa shape index (κ3) is 4.53. The molecule has 1 fully saturated rings. The van der Waals surface area contributed by atoms with Crippen molar-refractivity contribution < 1.29 is 4.79 Å². The summed E-state index contributed by atoms with van der Waals surface area (Å²) < 4.78 is 0. The Labute approximate surface area is 161 Å². The van der Waals surface area contributed by atoms with Crippen LogP contribution in [0.5, 0.6) is 0 Å². The average molecular weight is 393 g/mol. The molecule has 1 aliphatic heterocycles. The van der Waals surface area contributed by atoms with E-state index >= 15 is 0 Å². The number of nitrogens with one attached hydrogen (secondary N) is 2. The molecular formula is C17H24N6OS2. The van der Waals surface area contributed by atoms with Crippen LogP contribution in [-0.4, -0.2) is 68.1 Å². The Balaban J connectivity index is 1.40. The summed E-state index contributed by atoms with van der Waals surface area (Å²) in [5.41, 5.74) is 2.47. The lowest BCUT2D eigenvalue weighted by molar-refractivity contribution is 0.0957. The molecular weight excluding hydrogens is 368 g/mol. The van der Waals surface area contributed by atoms with E-state index < -0.39 is 0 Å². The molecule has 2 aromatic rings. The summed E-state index contributed by atoms with van der Waals surface area (Å²) in [5.74, 6) is 0.824. The van der Waals surface area contributed by atoms with Crippen LogP contribution >= 0.6 is 22.7 Å². The van der Waals surface area contributed by atoms with Gasteiger partial charge in [-0.05, 0) is 24.4 Å². The van der Waals surface area contributed by atoms with Gasteiger partial charge in [0.15, 0.2) is 5.96 Å². The number of aliphatic imine (C=N–C) groups is 1. The molecule has 3 heterocycles. The number of rotatable bonds is 5. The first kappa shape index (κ1) is 18.7. The van der Waals surface area contributed by atoms with Gasteiger partial charge in [-0.1, -0.05) is 0 Å². The second-order valence-electron chi connectivity index (χ2n) is 5.92. The molecule has 0 unspecified atom stereocenters. The van der Waals surface area contributed by atoms with Gasteiger partial charge in [0.1, 0.15) is 4.88 Å². The van der Waals surface area contributed by atoms with Crippen LogP contribution in [0.4, 0.5) is 5.00 Å². The maximum atomic E-state index is 12.1. The Morgan fingerprint density at radius 2 is 2.00 bits per heavy atom. The molecule has 3 rings (SSSR count). The van der Waals surface area contributed by atoms with Gasteiger partial charge in [-0.2, -0.15) is 0 Å². The molecule has 0 atom stereocenters. The summed E-state index contributed by atoms with van der Waals surface area (Å²) in [4.78, 5) is 25.9. The fourth-order valence-electron chi connectivity index (χ4n) is 2.87. The summed E-state index contributed by atoms with van der Waals surface area (Å²) in [6.07, 6.45) is 0. The monoisotopic (exact) mass is 392 g/mol. The lowest BCUT2D eigenvalue weighted by Gasteiger charge is -2.37. The number of carbonyl (C=O) groups excluding carboxylic acids is 1. The summed E-state index contributed by atoms with van der Waals surface area (Å²) in [5, 5.41) is 9.70. The maximum Gasteiger partial charge on any atom is 0.263 e. The number of piperazine rings is 1. The zero-order chi connectivity index (χ0) is 18.4. The third-order valence-corrected chi connectivity index (χ3v) is 6.11. The minimum Gasteiger partial charge on any atom is -0.360 e. The first-order chi connectivity index (χ1) is 12.7. The molecule has 2 N–H and O–H groups in total. The van der Waals surface area contributed by atoms with E-state index in [-0.39, 0.29) is 5.91 Å². The van der Waals surface area contributed by atoms with Gasteiger partial charge in [-0.15, -0.1) is 22.7 Å². The van der Waals surface area contributed by atoms with Crippen molar-refractivity contribution in [1.82, 2.24) is 20.5 Å². The lowest BCUT2D eigenvalue weighted by Crippen LogP contribution is -2.53. The first-order valence-electron chi connectivity index (χ1n) is 8.61. The molecule has 9 heteroatoms. The van der Waals surface area contributed by atoms with Crippen molar-refractivity contribution in [3.05, 3.63) is 33.6 Å². The van der Waals surface area contributed by atoms with Crippen molar-refractivity contribution in [2.75, 3.05) is 51.2 Å². The van der Waals surface area contributed by atoms with Crippen molar-refractivity contribution in [1.29, 1.82) is 0 Å². The van der Waals surface area contributed by atoms with Gasteiger partial charge in [0.05, 0.1) is 16.2 Å². The normalized spacial score (nSPS) is 15.2. The third-order valence-electron chi connectivity index (χ3n) is 4.25. The van der Waals surface area contributed by atoms with Gasteiger partial charge in [-0.25, -0.2) is 4.98 Å². The number of aromatic nitrogens is 1. The predicted octanol–water partition coefficient (Wildman–Crippen LogP) is 1.64. The second-order valence-corrected chi connectivity index (χ2v) is 7.70. The molecule has 0 spiro atoms. The predicted molar refractivity (Wildman–Crippen MR) is 109 cm³/mol. The molecule has 0 bridgehead atoms. The number of hydrogen-bond donors (Lipinski definition) is 2. The van der Waals surface area contributed by atoms with E-state index in [2.05, 4.69) is 47.9 Å². The highest BCUT2D eigenvalue weighted by Gasteiger charge is 2.20. The van der Waals surface area contributed by atoms with Crippen molar-refractivity contribution in [3.8, 4) is 0 Å². The highest BCUT2D eigenvalue weighted by atomic mass is 32.1. The molecule has 26 heavy (non-hydrogen) atoms. The van der Waals surface area contributed by atoms with E-state index in [0.29, 0.717) is 18.0 Å². The number of hydrogen-bond acceptors (Lipinski definition) is 6. The molecule has 2 aromatic heterocycles. The van der Waals surface area contributed by atoms with E-state index in [0.717, 1.165) is 37.8 Å². The molecule has 7 nitrogen and oxygen atoms in total. The van der Waals surface area contributed by atoms with E-state index in [1.807, 2.05) is 6.92 Å². The Hall–Kier alpha value is -2.13. The summed E-state index contributed by atoms with van der Waals surface area (Å²) in [7, 11) is 1.80. The zero-order valence-electron chi connectivity index (χ0n) is 15.1. The van der Waals surface area contributed by atoms with Gasteiger partial charge >= 0.3 is 0 Å². The Bertz CT molecular complexity index is 734. The Morgan fingerprint density at radius 1 is 1.23 bits per heavy atom. The zero-order valence-corrected chi connectivity index (χ0v) is 16.7. The van der Waals surface area contributed by atoms with Crippen molar-refractivity contribution in [2.24, 2.45) is 4.99 Å². The van der Waals surface area contributed by atoms with Crippen molar-refractivity contribution in [3.63, 3.8) is 0 Å². The Morgan fingerprint density at radius 3 is 2.62 bits per heavy atom. The van der Waals surface area contributed by atoms with Crippen molar-refractivity contribution >= 4 is 39.5 Å². The van der Waals surface area contributed by atoms with Crippen LogP contribution in [0.3, 0.4) is 0 Å². The highest BCUT2D eigenvalue weighted by molar-refractivity contribution is 7.14. The summed E-state index contributed by atoms with van der Waals surface area (Å²) in [6, 6.07) is 4.26. The van der Waals surface area contributed by atoms with E-state index in [1.165, 1.54) is 16.3 Å². The van der Waals surface area contributed by atoms with E-state index in [4.69, 9.17) is 0 Å². The van der Waals surface area contributed by atoms with E-state index in [9.17, 15) is 4.79 Å². The molecule has 0 saturated carbocycles. The molecule has 0 radical (unpaired) electrons.